The summed E-state index contributed by atoms with van der Waals surface area (Å²) in [5.41, 5.74) is 11.3. The number of aromatic hydroxyl groups is 1. The van der Waals surface area contributed by atoms with Gasteiger partial charge >= 0.3 is 0 Å². The number of benzene rings is 8. The Morgan fingerprint density at radius 2 is 1.02 bits per heavy atom. The smallest absolute Gasteiger partial charge is 0.155 e. The molecule has 25 heteroatoms. The zero-order valence-corrected chi connectivity index (χ0v) is 86.7. The molecule has 0 fully saturated rings. The molecule has 2 atom stereocenters. The molecule has 0 bridgehead atoms. The topological polar surface area (TPSA) is 222 Å². The van der Waals surface area contributed by atoms with E-state index in [1.807, 2.05) is 205 Å². The summed E-state index contributed by atoms with van der Waals surface area (Å²) in [6, 6.07) is 93.0. The molecule has 125 heavy (non-hydrogen) atoms. The number of phenolic OH excluding ortho intramolecular Hbond substituents is 1. The Balaban J connectivity index is 0.000000294. The number of aliphatic hydroxyl groups is 3. The Bertz CT molecular complexity index is 5980. The maximum Gasteiger partial charge on any atom is 0.155 e. The van der Waals surface area contributed by atoms with Crippen molar-refractivity contribution in [2.45, 2.75) is 72.1 Å². The first kappa shape index (κ1) is 108. The minimum absolute atomic E-state index is 0. The molecule has 0 saturated heterocycles. The zero-order chi connectivity index (χ0) is 83.9. The van der Waals surface area contributed by atoms with Crippen molar-refractivity contribution in [3.63, 3.8) is 0 Å². The summed E-state index contributed by atoms with van der Waals surface area (Å²) in [7, 11) is 0. The van der Waals surface area contributed by atoms with Crippen LogP contribution in [0, 0.1) is 36.4 Å². The van der Waals surface area contributed by atoms with Gasteiger partial charge in [-0.2, -0.15) is 53.5 Å². The molecule has 19 rings (SSSR count). The number of ketones is 3. The fourth-order valence-electron chi connectivity index (χ4n) is 11.4. The fraction of sp³-hybridized carbons (Fsp3) is 0.120. The molecule has 2 aliphatic carbocycles. The Kier molecular flexibility index (Phi) is 51.3. The molecule has 0 spiro atoms. The maximum absolute atomic E-state index is 10.0. The molecule has 4 N–H and O–H groups in total. The Morgan fingerprint density at radius 1 is 0.472 bits per heavy atom. The first-order chi connectivity index (χ1) is 57.9. The number of thiophene rings is 1. The number of thiazole rings is 2. The average molecular weight is 2810 g/mol. The van der Waals surface area contributed by atoms with Crippen molar-refractivity contribution in [1.29, 1.82) is 0 Å². The SMILES string of the molecule is CC(=O)C=C(C)O.CC(=O)C=C(C)O.CC(=O)C=C(C)O.Oc1cccc2cccnc12.[C-]1=C(c2cc3ccccc3cn2)CCC=C1.[C-]1=C(c2nc3ccccc3s2)SCC1.[Ir].[Ir].[Ir].[Ir].[Ir].[Ir].[c-]1ccccc1-c1ccc2ccccc2n1.[c-]1ccccc1-c1nc2ccccc2s1.[c-]1ccccc1C1=NC2C=CC=CC2S1.[c-]1ccsc1-c1ccccn1. The third-order valence-corrected chi connectivity index (χ3v) is 21.9. The van der Waals surface area contributed by atoms with Gasteiger partial charge in [0.1, 0.15) is 11.3 Å². The van der Waals surface area contributed by atoms with Gasteiger partial charge in [0.15, 0.2) is 17.3 Å². The van der Waals surface area contributed by atoms with Crippen molar-refractivity contribution in [2.75, 3.05) is 5.75 Å². The number of rotatable bonds is 9. The van der Waals surface area contributed by atoms with Gasteiger partial charge in [0, 0.05) is 188 Å². The van der Waals surface area contributed by atoms with E-state index in [1.54, 1.807) is 58.5 Å². The van der Waals surface area contributed by atoms with Crippen LogP contribution >= 0.6 is 57.5 Å². The molecule has 2 aliphatic heterocycles. The number of aliphatic imine (C=N–C) groups is 1. The molecule has 14 nitrogen and oxygen atoms in total. The van der Waals surface area contributed by atoms with Crippen molar-refractivity contribution in [2.24, 2.45) is 4.99 Å². The van der Waals surface area contributed by atoms with E-state index in [4.69, 9.17) is 20.3 Å². The standard InChI is InChI=1S/C15H12N.C15H10N.C13H10NS.C13H8NS.C11H8NS2.C9H7NO.C9H6NS.3C5H8O2.6Ir/c1-2-6-12(7-3-1)15-10-13-8-4-5-9-14(13)11-16-15;1-2-6-12(7-3-1)15-11-10-13-8-4-5-9-14(13)16-15;2*1-2-6-10(7-3-1)13-14-11-8-4-5-9-12(11)15-13;1-2-5-9-8(4-1)12-11(14-9)10-6-3-7-13-10;11-8-5-1-3-7-4-2-6-10-9(7)8;1-2-6-10-8(4-1)9-5-3-7-11-9;3*1-4(6)3-5(2)7;;;;;;/h1-2,4-5,8-11H,3,7H2;1-6,8-11H;1-6,8-9,11-12H;1-6,8-9H;1-2,4-5H,3,7H2;1-6,11H;1-4,6-7H;3*3,6H,1-2H3;;;;;;/q5*-1;;-1;;;;;;;;;. The molecule has 2 unspecified atom stereocenters. The van der Waals surface area contributed by atoms with Crippen LogP contribution in [0.2, 0.25) is 0 Å². The number of hydrogen-bond acceptors (Lipinski definition) is 19. The molecule has 8 aromatic carbocycles. The molecule has 0 saturated carbocycles. The number of pyridine rings is 4. The molecule has 4 aliphatic rings. The molecule has 652 valence electrons. The van der Waals surface area contributed by atoms with Crippen LogP contribution in [0.25, 0.3) is 95.9 Å². The second kappa shape index (κ2) is 59.1. The summed E-state index contributed by atoms with van der Waals surface area (Å²) >= 11 is 8.82. The molecule has 15 aromatic rings. The van der Waals surface area contributed by atoms with Crippen molar-refractivity contribution in [1.82, 2.24) is 29.9 Å². The Hall–Kier alpha value is -8.98. The number of aromatic nitrogens is 6. The normalized spacial score (nSPS) is 13.4. The molecular weight excluding hydrogens is 2720 g/mol. The van der Waals surface area contributed by atoms with Crippen molar-refractivity contribution in [3.05, 3.63) is 391 Å². The monoisotopic (exact) mass is 2810 g/mol. The Morgan fingerprint density at radius 3 is 1.55 bits per heavy atom. The third-order valence-electron chi connectivity index (χ3n) is 16.5. The summed E-state index contributed by atoms with van der Waals surface area (Å²) in [4.78, 5) is 63.6. The van der Waals surface area contributed by atoms with E-state index in [1.165, 1.54) is 95.8 Å². The fourth-order valence-corrected chi connectivity index (χ4v) is 16.1. The van der Waals surface area contributed by atoms with E-state index < -0.39 is 0 Å². The van der Waals surface area contributed by atoms with Gasteiger partial charge in [0.25, 0.3) is 0 Å². The first-order valence-corrected chi connectivity index (χ1v) is 42.2. The van der Waals surface area contributed by atoms with Gasteiger partial charge in [-0.15, -0.1) is 142 Å². The van der Waals surface area contributed by atoms with Crippen LogP contribution in [0.15, 0.2) is 344 Å². The third kappa shape index (κ3) is 37.1. The first-order valence-electron chi connectivity index (χ1n) is 37.9. The molecule has 9 heterocycles. The largest absolute Gasteiger partial charge is 0.512 e. The number of carbonyl (C=O) groups is 3. The molecular formula is C100H85Ir6N7O7S5-6. The second-order valence-corrected chi connectivity index (χ2v) is 31.5. The zero-order valence-electron chi connectivity index (χ0n) is 68.3. The summed E-state index contributed by atoms with van der Waals surface area (Å²) in [5.74, 6) is 1.21. The van der Waals surface area contributed by atoms with Crippen LogP contribution < -0.4 is 0 Å². The van der Waals surface area contributed by atoms with Crippen LogP contribution in [0.1, 0.15) is 77.1 Å². The second-order valence-electron chi connectivity index (χ2n) is 26.2. The maximum atomic E-state index is 10.0. The Labute approximate surface area is 831 Å². The van der Waals surface area contributed by atoms with Gasteiger partial charge in [-0.1, -0.05) is 157 Å². The number of para-hydroxylation sites is 4. The van der Waals surface area contributed by atoms with E-state index in [0.29, 0.717) is 16.8 Å². The quantitative estimate of drug-likeness (QED) is 0.0599. The van der Waals surface area contributed by atoms with Crippen molar-refractivity contribution in [3.8, 4) is 38.1 Å². The molecule has 6 radical (unpaired) electrons. The predicted molar refractivity (Wildman–Crippen MR) is 496 cm³/mol. The van der Waals surface area contributed by atoms with Gasteiger partial charge in [0.2, 0.25) is 0 Å². The summed E-state index contributed by atoms with van der Waals surface area (Å²) in [5, 5.41) is 44.7. The van der Waals surface area contributed by atoms with E-state index >= 15 is 0 Å². The van der Waals surface area contributed by atoms with Crippen LogP contribution in [-0.4, -0.2) is 89.8 Å². The number of allylic oxidation sites excluding steroid dienone is 13. The van der Waals surface area contributed by atoms with E-state index in [0.717, 1.165) is 101 Å². The van der Waals surface area contributed by atoms with E-state index in [2.05, 4.69) is 163 Å². The van der Waals surface area contributed by atoms with E-state index in [-0.39, 0.29) is 161 Å². The van der Waals surface area contributed by atoms with Crippen LogP contribution in [0.3, 0.4) is 0 Å². The number of phenols is 1. The molecule has 7 aromatic heterocycles. The minimum atomic E-state index is -0.125. The minimum Gasteiger partial charge on any atom is -0.512 e. The summed E-state index contributed by atoms with van der Waals surface area (Å²) < 4.78 is 2.49. The van der Waals surface area contributed by atoms with Gasteiger partial charge in [0.05, 0.1) is 39.9 Å². The van der Waals surface area contributed by atoms with Crippen LogP contribution in [-0.2, 0) is 135 Å². The number of fused-ring (bicyclic) bond motifs is 6. The predicted octanol–water partition coefficient (Wildman–Crippen LogP) is 25.3. The van der Waals surface area contributed by atoms with Gasteiger partial charge in [-0.05, 0) is 134 Å². The summed E-state index contributed by atoms with van der Waals surface area (Å²) in [6.45, 7) is 8.54. The summed E-state index contributed by atoms with van der Waals surface area (Å²) in [6.07, 6.45) is 31.4. The van der Waals surface area contributed by atoms with Crippen LogP contribution in [0.5, 0.6) is 5.75 Å². The molecule has 0 amide bonds. The number of carbonyl (C=O) groups excluding carboxylic acids is 3. The van der Waals surface area contributed by atoms with E-state index in [9.17, 15) is 19.5 Å². The number of thioether (sulfide) groups is 2. The number of nitrogens with zero attached hydrogens (tertiary/aromatic N) is 7. The van der Waals surface area contributed by atoms with Gasteiger partial charge in [-0.3, -0.25) is 35.4 Å². The van der Waals surface area contributed by atoms with Crippen molar-refractivity contribution < 1.29 is 155 Å². The number of hydrogen-bond donors (Lipinski definition) is 4. The average Bonchev–Trinajstić information content (AvgIpc) is 1.78. The van der Waals surface area contributed by atoms with Gasteiger partial charge in [-0.25, -0.2) is 22.7 Å². The van der Waals surface area contributed by atoms with Gasteiger partial charge < -0.3 is 40.4 Å². The van der Waals surface area contributed by atoms with Crippen LogP contribution in [0.4, 0.5) is 0 Å². The number of aliphatic hydroxyl groups excluding tert-OH is 3. The van der Waals surface area contributed by atoms with Crippen molar-refractivity contribution >= 4 is 143 Å².